The zero-order valence-electron chi connectivity index (χ0n) is 19.2. The molecule has 32 heavy (non-hydrogen) atoms. The SMILES string of the molecule is CN(C)c1ccc(CNC(=O)[C@H](CNC(=O)CC(C)(C)CC(=O)O)c2ccccc2)cc1. The van der Waals surface area contributed by atoms with Gasteiger partial charge < -0.3 is 20.6 Å². The van der Waals surface area contributed by atoms with E-state index >= 15 is 0 Å². The Labute approximate surface area is 189 Å². The topological polar surface area (TPSA) is 98.7 Å². The highest BCUT2D eigenvalue weighted by Gasteiger charge is 2.27. The van der Waals surface area contributed by atoms with Crippen LogP contribution in [0.5, 0.6) is 0 Å². The van der Waals surface area contributed by atoms with Crippen molar-refractivity contribution in [1.29, 1.82) is 0 Å². The highest BCUT2D eigenvalue weighted by molar-refractivity contribution is 5.85. The first-order valence-corrected chi connectivity index (χ1v) is 10.6. The van der Waals surface area contributed by atoms with Crippen LogP contribution in [0.4, 0.5) is 5.69 Å². The van der Waals surface area contributed by atoms with Crippen LogP contribution in [0.3, 0.4) is 0 Å². The molecule has 0 saturated carbocycles. The number of carbonyl (C=O) groups excluding carboxylic acids is 2. The van der Waals surface area contributed by atoms with Crippen molar-refractivity contribution in [1.82, 2.24) is 10.6 Å². The second-order valence-corrected chi connectivity index (χ2v) is 8.96. The van der Waals surface area contributed by atoms with Crippen LogP contribution in [0.15, 0.2) is 54.6 Å². The normalized spacial score (nSPS) is 12.0. The van der Waals surface area contributed by atoms with Gasteiger partial charge in [0.25, 0.3) is 0 Å². The van der Waals surface area contributed by atoms with E-state index in [0.717, 1.165) is 16.8 Å². The van der Waals surface area contributed by atoms with Gasteiger partial charge in [0.15, 0.2) is 0 Å². The minimum Gasteiger partial charge on any atom is -0.481 e. The monoisotopic (exact) mass is 439 g/mol. The molecule has 1 atom stereocenters. The molecule has 0 aliphatic rings. The third kappa shape index (κ3) is 8.06. The zero-order chi connectivity index (χ0) is 23.7. The lowest BCUT2D eigenvalue weighted by Gasteiger charge is -2.23. The molecule has 0 bridgehead atoms. The first-order chi connectivity index (χ1) is 15.1. The average Bonchev–Trinajstić information content (AvgIpc) is 2.72. The number of anilines is 1. The molecule has 2 amide bonds. The van der Waals surface area contributed by atoms with E-state index in [1.807, 2.05) is 73.6 Å². The summed E-state index contributed by atoms with van der Waals surface area (Å²) in [5, 5.41) is 14.8. The second-order valence-electron chi connectivity index (χ2n) is 8.96. The number of benzene rings is 2. The van der Waals surface area contributed by atoms with Gasteiger partial charge in [-0.25, -0.2) is 0 Å². The summed E-state index contributed by atoms with van der Waals surface area (Å²) in [6, 6.07) is 17.2. The minimum atomic E-state index is -0.942. The molecule has 0 fully saturated rings. The van der Waals surface area contributed by atoms with Gasteiger partial charge in [-0.15, -0.1) is 0 Å². The summed E-state index contributed by atoms with van der Waals surface area (Å²) in [6.45, 7) is 4.00. The minimum absolute atomic E-state index is 0.0701. The van der Waals surface area contributed by atoms with Gasteiger partial charge in [0.2, 0.25) is 11.8 Å². The van der Waals surface area contributed by atoms with Gasteiger partial charge in [-0.1, -0.05) is 56.3 Å². The zero-order valence-corrected chi connectivity index (χ0v) is 19.2. The van der Waals surface area contributed by atoms with E-state index in [4.69, 9.17) is 5.11 Å². The number of aliphatic carboxylic acids is 1. The Bertz CT molecular complexity index is 909. The number of carbonyl (C=O) groups is 3. The lowest BCUT2D eigenvalue weighted by atomic mass is 9.85. The summed E-state index contributed by atoms with van der Waals surface area (Å²) in [4.78, 5) is 38.4. The molecular formula is C25H33N3O4. The fourth-order valence-electron chi connectivity index (χ4n) is 3.46. The average molecular weight is 440 g/mol. The molecule has 0 heterocycles. The highest BCUT2D eigenvalue weighted by atomic mass is 16.4. The highest BCUT2D eigenvalue weighted by Crippen LogP contribution is 2.25. The Balaban J connectivity index is 2.01. The lowest BCUT2D eigenvalue weighted by molar-refractivity contribution is -0.139. The van der Waals surface area contributed by atoms with Crippen molar-refractivity contribution >= 4 is 23.5 Å². The van der Waals surface area contributed by atoms with Gasteiger partial charge in [-0.05, 0) is 28.7 Å². The third-order valence-electron chi connectivity index (χ3n) is 5.21. The van der Waals surface area contributed by atoms with E-state index in [1.165, 1.54) is 0 Å². The predicted octanol–water partition coefficient (Wildman–Crippen LogP) is 3.16. The van der Waals surface area contributed by atoms with E-state index in [1.54, 1.807) is 13.8 Å². The standard InChI is InChI=1S/C25H33N3O4/c1-25(2,15-23(30)31)14-22(29)26-17-21(19-8-6-5-7-9-19)24(32)27-16-18-10-12-20(13-11-18)28(3)4/h5-13,21H,14-17H2,1-4H3,(H,26,29)(H,27,32)(H,30,31)/t21-/m1/s1. The van der Waals surface area contributed by atoms with Crippen LogP contribution in [0.25, 0.3) is 0 Å². The van der Waals surface area contributed by atoms with E-state index < -0.39 is 17.3 Å². The van der Waals surface area contributed by atoms with Crippen LogP contribution in [0.2, 0.25) is 0 Å². The second kappa shape index (κ2) is 11.3. The van der Waals surface area contributed by atoms with E-state index in [2.05, 4.69) is 10.6 Å². The van der Waals surface area contributed by atoms with E-state index in [-0.39, 0.29) is 31.2 Å². The molecule has 172 valence electrons. The number of hydrogen-bond donors (Lipinski definition) is 3. The molecule has 2 rings (SSSR count). The molecule has 2 aromatic carbocycles. The molecule has 0 saturated heterocycles. The fourth-order valence-corrected chi connectivity index (χ4v) is 3.46. The van der Waals surface area contributed by atoms with Gasteiger partial charge in [-0.2, -0.15) is 0 Å². The van der Waals surface area contributed by atoms with Crippen molar-refractivity contribution in [3.8, 4) is 0 Å². The largest absolute Gasteiger partial charge is 0.481 e. The van der Waals surface area contributed by atoms with Crippen LogP contribution in [0.1, 0.15) is 43.7 Å². The van der Waals surface area contributed by atoms with Crippen molar-refractivity contribution in [2.75, 3.05) is 25.5 Å². The van der Waals surface area contributed by atoms with Crippen molar-refractivity contribution < 1.29 is 19.5 Å². The summed E-state index contributed by atoms with van der Waals surface area (Å²) in [7, 11) is 3.94. The summed E-state index contributed by atoms with van der Waals surface area (Å²) >= 11 is 0. The molecular weight excluding hydrogens is 406 g/mol. The molecule has 3 N–H and O–H groups in total. The third-order valence-corrected chi connectivity index (χ3v) is 5.21. The molecule has 0 radical (unpaired) electrons. The van der Waals surface area contributed by atoms with Gasteiger partial charge in [0.05, 0.1) is 12.3 Å². The molecule has 0 aliphatic carbocycles. The Morgan fingerprint density at radius 2 is 1.56 bits per heavy atom. The first-order valence-electron chi connectivity index (χ1n) is 10.6. The molecule has 7 nitrogen and oxygen atoms in total. The lowest BCUT2D eigenvalue weighted by Crippen LogP contribution is -2.38. The maximum atomic E-state index is 13.0. The molecule has 7 heteroatoms. The number of nitrogens with zero attached hydrogens (tertiary/aromatic N) is 1. The first kappa shape index (κ1) is 24.9. The maximum Gasteiger partial charge on any atom is 0.303 e. The van der Waals surface area contributed by atoms with Gasteiger partial charge in [0.1, 0.15) is 0 Å². The van der Waals surface area contributed by atoms with Crippen LogP contribution in [-0.4, -0.2) is 43.5 Å². The molecule has 0 aromatic heterocycles. The van der Waals surface area contributed by atoms with E-state index in [0.29, 0.717) is 6.54 Å². The molecule has 2 aromatic rings. The van der Waals surface area contributed by atoms with Crippen LogP contribution >= 0.6 is 0 Å². The maximum absolute atomic E-state index is 13.0. The summed E-state index contributed by atoms with van der Waals surface area (Å²) in [6.07, 6.45) is -0.0315. The molecule has 0 unspecified atom stereocenters. The Hall–Kier alpha value is -3.35. The Morgan fingerprint density at radius 3 is 2.12 bits per heavy atom. The van der Waals surface area contributed by atoms with E-state index in [9.17, 15) is 14.4 Å². The van der Waals surface area contributed by atoms with Gasteiger partial charge >= 0.3 is 5.97 Å². The predicted molar refractivity (Wildman–Crippen MR) is 125 cm³/mol. The fraction of sp³-hybridized carbons (Fsp3) is 0.400. The molecule has 0 aliphatic heterocycles. The van der Waals surface area contributed by atoms with Crippen molar-refractivity contribution in [3.05, 3.63) is 65.7 Å². The number of carboxylic acid groups (broad SMARTS) is 1. The smallest absolute Gasteiger partial charge is 0.303 e. The van der Waals surface area contributed by atoms with Gasteiger partial charge in [0, 0.05) is 39.3 Å². The Kier molecular flexibility index (Phi) is 8.81. The van der Waals surface area contributed by atoms with Crippen molar-refractivity contribution in [3.63, 3.8) is 0 Å². The number of rotatable bonds is 11. The number of amides is 2. The summed E-state index contributed by atoms with van der Waals surface area (Å²) in [5.41, 5.74) is 2.20. The van der Waals surface area contributed by atoms with Crippen LogP contribution in [0, 0.1) is 5.41 Å². The summed E-state index contributed by atoms with van der Waals surface area (Å²) in [5.74, 6) is -1.95. The number of nitrogens with one attached hydrogen (secondary N) is 2. The quantitative estimate of drug-likeness (QED) is 0.500. The van der Waals surface area contributed by atoms with Gasteiger partial charge in [-0.3, -0.25) is 14.4 Å². The number of carboxylic acids is 1. The number of hydrogen-bond acceptors (Lipinski definition) is 4. The molecule has 0 spiro atoms. The van der Waals surface area contributed by atoms with Crippen molar-refractivity contribution in [2.45, 2.75) is 39.2 Å². The summed E-state index contributed by atoms with van der Waals surface area (Å²) < 4.78 is 0. The van der Waals surface area contributed by atoms with Crippen molar-refractivity contribution in [2.24, 2.45) is 5.41 Å². The van der Waals surface area contributed by atoms with Crippen LogP contribution in [-0.2, 0) is 20.9 Å². The van der Waals surface area contributed by atoms with Crippen LogP contribution < -0.4 is 15.5 Å². The Morgan fingerprint density at radius 1 is 0.938 bits per heavy atom.